The first-order valence-corrected chi connectivity index (χ1v) is 8.18. The van der Waals surface area contributed by atoms with Gasteiger partial charge in [0.2, 0.25) is 0 Å². The van der Waals surface area contributed by atoms with Gasteiger partial charge in [-0.15, -0.1) is 0 Å². The molecule has 1 fully saturated rings. The molecule has 0 bridgehead atoms. The van der Waals surface area contributed by atoms with Gasteiger partial charge in [-0.05, 0) is 48.9 Å². The van der Waals surface area contributed by atoms with Gasteiger partial charge in [0, 0.05) is 6.04 Å². The minimum absolute atomic E-state index is 0.423. The second kappa shape index (κ2) is 7.69. The Bertz CT molecular complexity index is 447. The van der Waals surface area contributed by atoms with Crippen LogP contribution < -0.4 is 14.8 Å². The largest absolute Gasteiger partial charge is 0.493 e. The third-order valence-electron chi connectivity index (χ3n) is 4.82. The topological polar surface area (TPSA) is 30.5 Å². The molecule has 0 heterocycles. The molecule has 0 aliphatic heterocycles. The summed E-state index contributed by atoms with van der Waals surface area (Å²) in [5, 5.41) is 3.68. The van der Waals surface area contributed by atoms with E-state index in [-0.39, 0.29) is 0 Å². The lowest BCUT2D eigenvalue weighted by Crippen LogP contribution is -2.27. The molecule has 21 heavy (non-hydrogen) atoms. The number of nitrogens with one attached hydrogen (secondary N) is 1. The maximum absolute atomic E-state index is 5.46. The Morgan fingerprint density at radius 2 is 1.90 bits per heavy atom. The fourth-order valence-electron chi connectivity index (χ4n) is 3.61. The second-order valence-electron chi connectivity index (χ2n) is 6.00. The summed E-state index contributed by atoms with van der Waals surface area (Å²) in [5.41, 5.74) is 1.32. The summed E-state index contributed by atoms with van der Waals surface area (Å²) in [7, 11) is 3.38. The van der Waals surface area contributed by atoms with Crippen molar-refractivity contribution >= 4 is 0 Å². The molecule has 118 valence electrons. The second-order valence-corrected chi connectivity index (χ2v) is 6.00. The number of hydrogen-bond acceptors (Lipinski definition) is 3. The first-order valence-electron chi connectivity index (χ1n) is 8.18. The quantitative estimate of drug-likeness (QED) is 0.817. The van der Waals surface area contributed by atoms with Crippen molar-refractivity contribution in [3.05, 3.63) is 23.8 Å². The van der Waals surface area contributed by atoms with E-state index in [0.29, 0.717) is 6.04 Å². The van der Waals surface area contributed by atoms with Crippen LogP contribution in [0.25, 0.3) is 0 Å². The average Bonchev–Trinajstić information content (AvgIpc) is 3.00. The van der Waals surface area contributed by atoms with Crippen LogP contribution in [0.15, 0.2) is 18.2 Å². The summed E-state index contributed by atoms with van der Waals surface area (Å²) in [6.45, 7) is 5.48. The van der Waals surface area contributed by atoms with E-state index in [4.69, 9.17) is 9.47 Å². The fraction of sp³-hybridized carbons (Fsp3) is 0.667. The SMILES string of the molecule is CCNC(c1ccc(OC)c(OC)c1)C1CCC(CC)C1. The Morgan fingerprint density at radius 1 is 1.14 bits per heavy atom. The van der Waals surface area contributed by atoms with E-state index in [1.54, 1.807) is 14.2 Å². The molecule has 0 saturated heterocycles. The van der Waals surface area contributed by atoms with Crippen molar-refractivity contribution in [1.29, 1.82) is 0 Å². The lowest BCUT2D eigenvalue weighted by molar-refractivity contribution is 0.344. The van der Waals surface area contributed by atoms with Gasteiger partial charge in [-0.3, -0.25) is 0 Å². The molecule has 0 aromatic heterocycles. The average molecular weight is 291 g/mol. The van der Waals surface area contributed by atoms with Crippen LogP contribution in [0.1, 0.15) is 51.1 Å². The van der Waals surface area contributed by atoms with E-state index in [1.165, 1.54) is 31.2 Å². The van der Waals surface area contributed by atoms with Gasteiger partial charge in [0.05, 0.1) is 14.2 Å². The van der Waals surface area contributed by atoms with Crippen LogP contribution in [0.3, 0.4) is 0 Å². The Morgan fingerprint density at radius 3 is 2.48 bits per heavy atom. The molecule has 1 aliphatic rings. The van der Waals surface area contributed by atoms with Gasteiger partial charge >= 0.3 is 0 Å². The Balaban J connectivity index is 2.21. The molecule has 3 heteroatoms. The number of methoxy groups -OCH3 is 2. The Kier molecular flexibility index (Phi) is 5.92. The van der Waals surface area contributed by atoms with Crippen LogP contribution in [0.2, 0.25) is 0 Å². The molecule has 1 aromatic rings. The smallest absolute Gasteiger partial charge is 0.161 e. The zero-order chi connectivity index (χ0) is 15.2. The van der Waals surface area contributed by atoms with Crippen LogP contribution in [0.5, 0.6) is 11.5 Å². The summed E-state index contributed by atoms with van der Waals surface area (Å²) >= 11 is 0. The first kappa shape index (κ1) is 16.2. The van der Waals surface area contributed by atoms with Gasteiger partial charge in [-0.25, -0.2) is 0 Å². The third kappa shape index (κ3) is 3.70. The normalized spacial score (nSPS) is 23.0. The van der Waals surface area contributed by atoms with Gasteiger partial charge in [0.15, 0.2) is 11.5 Å². The molecule has 3 unspecified atom stereocenters. The predicted molar refractivity (Wildman–Crippen MR) is 87.1 cm³/mol. The maximum atomic E-state index is 5.46. The molecule has 3 nitrogen and oxygen atoms in total. The van der Waals surface area contributed by atoms with E-state index in [1.807, 2.05) is 6.07 Å². The highest BCUT2D eigenvalue weighted by Crippen LogP contribution is 2.41. The molecule has 0 amide bonds. The Labute approximate surface area is 129 Å². The van der Waals surface area contributed by atoms with Gasteiger partial charge in [-0.1, -0.05) is 32.8 Å². The van der Waals surface area contributed by atoms with E-state index < -0.39 is 0 Å². The van der Waals surface area contributed by atoms with Crippen molar-refractivity contribution in [2.75, 3.05) is 20.8 Å². The van der Waals surface area contributed by atoms with Crippen molar-refractivity contribution < 1.29 is 9.47 Å². The van der Waals surface area contributed by atoms with E-state index in [9.17, 15) is 0 Å². The molecule has 0 radical (unpaired) electrons. The summed E-state index contributed by atoms with van der Waals surface area (Å²) in [5.74, 6) is 3.25. The standard InChI is InChI=1S/C18H29NO2/c1-5-13-7-8-14(11-13)18(19-6-2)15-9-10-16(20-3)17(12-15)21-4/h9-10,12-14,18-19H,5-8,11H2,1-4H3. The lowest BCUT2D eigenvalue weighted by Gasteiger charge is -2.26. The van der Waals surface area contributed by atoms with Crippen molar-refractivity contribution in [3.8, 4) is 11.5 Å². The first-order chi connectivity index (χ1) is 10.2. The maximum Gasteiger partial charge on any atom is 0.161 e. The monoisotopic (exact) mass is 291 g/mol. The van der Waals surface area contributed by atoms with E-state index >= 15 is 0 Å². The van der Waals surface area contributed by atoms with Crippen molar-refractivity contribution in [2.45, 2.75) is 45.6 Å². The summed E-state index contributed by atoms with van der Waals surface area (Å²) in [4.78, 5) is 0. The minimum atomic E-state index is 0.423. The minimum Gasteiger partial charge on any atom is -0.493 e. The third-order valence-corrected chi connectivity index (χ3v) is 4.82. The summed E-state index contributed by atoms with van der Waals surface area (Å²) in [6, 6.07) is 6.75. The molecule has 1 aromatic carbocycles. The zero-order valence-corrected chi connectivity index (χ0v) is 13.8. The number of rotatable bonds is 7. The number of ether oxygens (including phenoxy) is 2. The van der Waals surface area contributed by atoms with Crippen LogP contribution >= 0.6 is 0 Å². The molecular formula is C18H29NO2. The van der Waals surface area contributed by atoms with Crippen LogP contribution in [0, 0.1) is 11.8 Å². The molecule has 1 aliphatic carbocycles. The molecule has 3 atom stereocenters. The number of benzene rings is 1. The molecule has 1 N–H and O–H groups in total. The van der Waals surface area contributed by atoms with Crippen molar-refractivity contribution in [3.63, 3.8) is 0 Å². The van der Waals surface area contributed by atoms with E-state index in [2.05, 4.69) is 31.3 Å². The zero-order valence-electron chi connectivity index (χ0n) is 13.8. The highest BCUT2D eigenvalue weighted by Gasteiger charge is 2.30. The van der Waals surface area contributed by atoms with Crippen molar-refractivity contribution in [2.24, 2.45) is 11.8 Å². The summed E-state index contributed by atoms with van der Waals surface area (Å²) in [6.07, 6.45) is 5.34. The van der Waals surface area contributed by atoms with Gasteiger partial charge < -0.3 is 14.8 Å². The lowest BCUT2D eigenvalue weighted by atomic mass is 9.90. The molecular weight excluding hydrogens is 262 g/mol. The highest BCUT2D eigenvalue weighted by molar-refractivity contribution is 5.44. The molecule has 1 saturated carbocycles. The van der Waals surface area contributed by atoms with Crippen molar-refractivity contribution in [1.82, 2.24) is 5.32 Å². The van der Waals surface area contributed by atoms with E-state index in [0.717, 1.165) is 29.9 Å². The fourth-order valence-corrected chi connectivity index (χ4v) is 3.61. The van der Waals surface area contributed by atoms with Crippen LogP contribution in [0.4, 0.5) is 0 Å². The Hall–Kier alpha value is -1.22. The van der Waals surface area contributed by atoms with Crippen LogP contribution in [-0.4, -0.2) is 20.8 Å². The summed E-state index contributed by atoms with van der Waals surface area (Å²) < 4.78 is 10.8. The highest BCUT2D eigenvalue weighted by atomic mass is 16.5. The van der Waals surface area contributed by atoms with Crippen LogP contribution in [-0.2, 0) is 0 Å². The molecule has 0 spiro atoms. The predicted octanol–water partition coefficient (Wildman–Crippen LogP) is 4.18. The van der Waals surface area contributed by atoms with Gasteiger partial charge in [-0.2, -0.15) is 0 Å². The van der Waals surface area contributed by atoms with Gasteiger partial charge in [0.25, 0.3) is 0 Å². The van der Waals surface area contributed by atoms with Gasteiger partial charge in [0.1, 0.15) is 0 Å². The molecule has 2 rings (SSSR count). The number of hydrogen-bond donors (Lipinski definition) is 1.